The molecule has 3 aliphatic heterocycles. The summed E-state index contributed by atoms with van der Waals surface area (Å²) in [7, 11) is 6.72. The molecule has 0 saturated carbocycles. The van der Waals surface area contributed by atoms with Crippen LogP contribution in [0.25, 0.3) is 0 Å². The highest BCUT2D eigenvalue weighted by Crippen LogP contribution is 2.32. The second-order valence-electron chi connectivity index (χ2n) is 11.3. The number of nitrogens with zero attached hydrogens (tertiary/aromatic N) is 2. The highest BCUT2D eigenvalue weighted by Gasteiger charge is 2.48. The Labute approximate surface area is 260 Å². The molecule has 2 aromatic rings. The van der Waals surface area contributed by atoms with Crippen LogP contribution >= 0.6 is 0 Å². The molecule has 0 spiro atoms. The van der Waals surface area contributed by atoms with Crippen molar-refractivity contribution in [3.8, 4) is 0 Å². The van der Waals surface area contributed by atoms with Crippen molar-refractivity contribution < 1.29 is 37.9 Å². The van der Waals surface area contributed by atoms with E-state index in [1.165, 1.54) is 0 Å². The summed E-state index contributed by atoms with van der Waals surface area (Å²) in [6.45, 7) is 1.67. The molecule has 2 saturated heterocycles. The molecule has 2 fully saturated rings. The predicted octanol–water partition coefficient (Wildman–Crippen LogP) is 3.69. The number of ether oxygens (including phenoxy) is 8. The number of benzene rings is 2. The van der Waals surface area contributed by atoms with E-state index in [-0.39, 0.29) is 61.0 Å². The van der Waals surface area contributed by atoms with Crippen molar-refractivity contribution in [1.29, 1.82) is 0 Å². The van der Waals surface area contributed by atoms with E-state index in [2.05, 4.69) is 0 Å². The van der Waals surface area contributed by atoms with Gasteiger partial charge < -0.3 is 37.9 Å². The first-order valence-electron chi connectivity index (χ1n) is 15.4. The van der Waals surface area contributed by atoms with Crippen LogP contribution in [0.15, 0.2) is 70.6 Å². The minimum absolute atomic E-state index is 0.294. The van der Waals surface area contributed by atoms with E-state index in [0.717, 1.165) is 11.1 Å². The first-order valence-corrected chi connectivity index (χ1v) is 15.4. The molecule has 3 aliphatic rings. The van der Waals surface area contributed by atoms with Gasteiger partial charge in [-0.15, -0.1) is 0 Å². The fourth-order valence-corrected chi connectivity index (χ4v) is 6.42. The molecule has 0 radical (unpaired) electrons. The van der Waals surface area contributed by atoms with Gasteiger partial charge in [-0.2, -0.15) is 0 Å². The van der Waals surface area contributed by atoms with Crippen molar-refractivity contribution >= 4 is 12.4 Å². The molecule has 0 amide bonds. The quantitative estimate of drug-likeness (QED) is 0.402. The van der Waals surface area contributed by atoms with Gasteiger partial charge in [0.05, 0.1) is 38.5 Å². The Morgan fingerprint density at radius 2 is 0.886 bits per heavy atom. The average molecular weight is 611 g/mol. The van der Waals surface area contributed by atoms with Gasteiger partial charge in [-0.05, 0) is 11.1 Å². The number of hydrogen-bond donors (Lipinski definition) is 0. The SMILES string of the molecule is CO[C@@H]1[C@@H](OCc2ccccc2)[C@H](OC)[C@H]2CN=CC[C@H]3O[C@H](CN=CC[C@H]1O2)[C@@H](OC)[C@H](OCc1ccccc1)[C@H]3OC. The number of aliphatic imine (C=N–C) groups is 2. The van der Waals surface area contributed by atoms with Crippen LogP contribution in [0.2, 0.25) is 0 Å². The maximum atomic E-state index is 6.55. The van der Waals surface area contributed by atoms with Crippen molar-refractivity contribution in [3.05, 3.63) is 71.8 Å². The summed E-state index contributed by atoms with van der Waals surface area (Å²) in [5, 5.41) is 0. The molecule has 0 aromatic heterocycles. The Balaban J connectivity index is 1.35. The van der Waals surface area contributed by atoms with E-state index >= 15 is 0 Å². The fourth-order valence-electron chi connectivity index (χ4n) is 6.42. The maximum Gasteiger partial charge on any atom is 0.115 e. The molecule has 3 heterocycles. The van der Waals surface area contributed by atoms with Gasteiger partial charge in [-0.3, -0.25) is 9.98 Å². The van der Waals surface area contributed by atoms with Crippen LogP contribution in [-0.4, -0.2) is 115 Å². The molecule has 0 aliphatic carbocycles. The molecule has 10 nitrogen and oxygen atoms in total. The van der Waals surface area contributed by atoms with Crippen LogP contribution in [-0.2, 0) is 51.1 Å². The number of methoxy groups -OCH3 is 4. The lowest BCUT2D eigenvalue weighted by atomic mass is 9.92. The van der Waals surface area contributed by atoms with Crippen LogP contribution in [0.4, 0.5) is 0 Å². The molecule has 0 N–H and O–H groups in total. The Hall–Kier alpha value is -2.54. The smallest absolute Gasteiger partial charge is 0.115 e. The van der Waals surface area contributed by atoms with Crippen LogP contribution in [0, 0.1) is 0 Å². The molecular weight excluding hydrogens is 564 g/mol. The van der Waals surface area contributed by atoms with Crippen LogP contribution < -0.4 is 0 Å². The molecule has 44 heavy (non-hydrogen) atoms. The van der Waals surface area contributed by atoms with Crippen LogP contribution in [0.3, 0.4) is 0 Å². The topological polar surface area (TPSA) is 98.6 Å². The zero-order valence-corrected chi connectivity index (χ0v) is 26.1. The van der Waals surface area contributed by atoms with E-state index in [9.17, 15) is 0 Å². The molecule has 10 atom stereocenters. The monoisotopic (exact) mass is 610 g/mol. The lowest BCUT2D eigenvalue weighted by Crippen LogP contribution is -2.61. The van der Waals surface area contributed by atoms with Gasteiger partial charge in [0.25, 0.3) is 0 Å². The molecule has 0 unspecified atom stereocenters. The van der Waals surface area contributed by atoms with Gasteiger partial charge >= 0.3 is 0 Å². The van der Waals surface area contributed by atoms with Gasteiger partial charge in [0.2, 0.25) is 0 Å². The van der Waals surface area contributed by atoms with E-state index in [0.29, 0.717) is 39.1 Å². The second kappa shape index (κ2) is 16.7. The van der Waals surface area contributed by atoms with Gasteiger partial charge in [-0.1, -0.05) is 60.7 Å². The molecule has 10 heteroatoms. The lowest BCUT2D eigenvalue weighted by Gasteiger charge is -2.45. The third kappa shape index (κ3) is 7.99. The van der Waals surface area contributed by atoms with Gasteiger partial charge in [0.15, 0.2) is 0 Å². The van der Waals surface area contributed by atoms with E-state index < -0.39 is 0 Å². The van der Waals surface area contributed by atoms with Crippen LogP contribution in [0.5, 0.6) is 0 Å². The average Bonchev–Trinajstić information content (AvgIpc) is 3.06. The molecule has 4 bridgehead atoms. The first-order chi connectivity index (χ1) is 21.7. The highest BCUT2D eigenvalue weighted by atomic mass is 16.6. The molecule has 2 aromatic carbocycles. The Morgan fingerprint density at radius 3 is 1.25 bits per heavy atom. The first kappa shape index (κ1) is 32.8. The zero-order valence-electron chi connectivity index (χ0n) is 26.1. The highest BCUT2D eigenvalue weighted by molar-refractivity contribution is 5.59. The number of hydrogen-bond acceptors (Lipinski definition) is 10. The third-order valence-corrected chi connectivity index (χ3v) is 8.62. The summed E-state index contributed by atoms with van der Waals surface area (Å²) in [5.74, 6) is 0. The minimum Gasteiger partial charge on any atom is -0.376 e. The van der Waals surface area contributed by atoms with Gasteiger partial charge in [0, 0.05) is 53.7 Å². The summed E-state index contributed by atoms with van der Waals surface area (Å²) in [6.07, 6.45) is 1.41. The minimum atomic E-state index is -0.373. The molecular formula is C34H46N2O8. The summed E-state index contributed by atoms with van der Waals surface area (Å²) in [6, 6.07) is 20.2. The summed E-state index contributed by atoms with van der Waals surface area (Å²) < 4.78 is 49.9. The van der Waals surface area contributed by atoms with Crippen molar-refractivity contribution in [2.24, 2.45) is 9.98 Å². The largest absolute Gasteiger partial charge is 0.376 e. The Kier molecular flexibility index (Phi) is 12.4. The van der Waals surface area contributed by atoms with E-state index in [4.69, 9.17) is 47.9 Å². The lowest BCUT2D eigenvalue weighted by molar-refractivity contribution is -0.247. The van der Waals surface area contributed by atoms with Gasteiger partial charge in [0.1, 0.15) is 48.8 Å². The Morgan fingerprint density at radius 1 is 0.523 bits per heavy atom. The maximum absolute atomic E-state index is 6.55. The third-order valence-electron chi connectivity index (χ3n) is 8.62. The zero-order chi connectivity index (χ0) is 30.7. The van der Waals surface area contributed by atoms with Crippen molar-refractivity contribution in [3.63, 3.8) is 0 Å². The summed E-state index contributed by atoms with van der Waals surface area (Å²) in [4.78, 5) is 9.57. The standard InChI is InChI=1S/C34H46N2O8/c1-37-29-25-15-17-35-20-28-32(40-4)34(42-22-24-13-9-6-10-14-24)30(38-2)26(44-28)16-18-36-19-27(43-25)31(39-3)33(29)41-21-23-11-7-5-8-12-23/h5-14,17-18,25-34H,15-16,19-22H2,1-4H3/t25-,26-,27-,28-,29+,30+,31-,32-,33-,34-/m1/s1. The predicted molar refractivity (Wildman–Crippen MR) is 166 cm³/mol. The second-order valence-corrected chi connectivity index (χ2v) is 11.3. The van der Waals surface area contributed by atoms with Crippen molar-refractivity contribution in [2.45, 2.75) is 87.1 Å². The fraction of sp³-hybridized carbons (Fsp3) is 0.588. The summed E-state index contributed by atoms with van der Waals surface area (Å²) >= 11 is 0. The van der Waals surface area contributed by atoms with Crippen molar-refractivity contribution in [1.82, 2.24) is 0 Å². The normalized spacial score (nSPS) is 34.4. The summed E-state index contributed by atoms with van der Waals surface area (Å²) in [5.41, 5.74) is 2.16. The Bertz CT molecular complexity index is 1030. The number of rotatable bonds is 10. The van der Waals surface area contributed by atoms with E-state index in [1.807, 2.05) is 73.1 Å². The number of fused-ring (bicyclic) bond motifs is 4. The van der Waals surface area contributed by atoms with Crippen molar-refractivity contribution in [2.75, 3.05) is 41.5 Å². The van der Waals surface area contributed by atoms with E-state index in [1.54, 1.807) is 28.4 Å². The molecule has 5 rings (SSSR count). The van der Waals surface area contributed by atoms with Gasteiger partial charge in [-0.25, -0.2) is 0 Å². The van der Waals surface area contributed by atoms with Crippen LogP contribution in [0.1, 0.15) is 24.0 Å². The molecule has 240 valence electrons.